The van der Waals surface area contributed by atoms with Gasteiger partial charge in [0.05, 0.1) is 24.3 Å². The molecule has 0 aliphatic carbocycles. The van der Waals surface area contributed by atoms with Gasteiger partial charge in [-0.15, -0.1) is 13.2 Å². The number of carbonyl (C=O) groups excluding carboxylic acids is 1. The summed E-state index contributed by atoms with van der Waals surface area (Å²) in [7, 11) is -4.27. The van der Waals surface area contributed by atoms with Crippen LogP contribution in [0.15, 0.2) is 47.4 Å². The van der Waals surface area contributed by atoms with Gasteiger partial charge in [0, 0.05) is 17.8 Å². The van der Waals surface area contributed by atoms with Gasteiger partial charge in [-0.3, -0.25) is 9.52 Å². The van der Waals surface area contributed by atoms with E-state index < -0.39 is 33.6 Å². The van der Waals surface area contributed by atoms with Crippen molar-refractivity contribution in [1.82, 2.24) is 0 Å². The Bertz CT molecular complexity index is 1090. The van der Waals surface area contributed by atoms with E-state index in [1.165, 1.54) is 37.3 Å². The number of nitrogens with one attached hydrogen (secondary N) is 2. The summed E-state index contributed by atoms with van der Waals surface area (Å²) in [6, 6.07) is 8.21. The summed E-state index contributed by atoms with van der Waals surface area (Å²) in [5, 5.41) is 12.6. The van der Waals surface area contributed by atoms with E-state index in [0.29, 0.717) is 6.42 Å². The van der Waals surface area contributed by atoms with Gasteiger partial charge in [-0.05, 0) is 44.5 Å². The van der Waals surface area contributed by atoms with E-state index >= 15 is 0 Å². The van der Waals surface area contributed by atoms with Crippen LogP contribution in [-0.4, -0.2) is 38.0 Å². The van der Waals surface area contributed by atoms with Crippen molar-refractivity contribution < 1.29 is 41.0 Å². The molecule has 0 heterocycles. The van der Waals surface area contributed by atoms with Gasteiger partial charge in [-0.25, -0.2) is 8.42 Å². The number of carbonyl (C=O) groups is 1. The molecule has 0 fully saturated rings. The Hall–Kier alpha value is -2.99. The van der Waals surface area contributed by atoms with Crippen molar-refractivity contribution in [2.45, 2.75) is 50.5 Å². The number of alkyl halides is 3. The Balaban J connectivity index is 2.27. The minimum Gasteiger partial charge on any atom is -0.492 e. The molecule has 12 heteroatoms. The summed E-state index contributed by atoms with van der Waals surface area (Å²) in [5.41, 5.74) is -1.10. The maximum Gasteiger partial charge on any atom is 0.573 e. The van der Waals surface area contributed by atoms with Crippen LogP contribution in [0.25, 0.3) is 0 Å². The Morgan fingerprint density at radius 2 is 1.79 bits per heavy atom. The molecule has 0 bridgehead atoms. The second-order valence-electron chi connectivity index (χ2n) is 7.35. The number of anilines is 2. The van der Waals surface area contributed by atoms with E-state index in [0.717, 1.165) is 12.1 Å². The first kappa shape index (κ1) is 26.3. The Morgan fingerprint density at radius 1 is 1.09 bits per heavy atom. The lowest BCUT2D eigenvalue weighted by Crippen LogP contribution is -2.29. The number of rotatable bonds is 10. The molecule has 0 aliphatic heterocycles. The molecule has 0 saturated carbocycles. The normalized spacial score (nSPS) is 13.7. The lowest BCUT2D eigenvalue weighted by Gasteiger charge is -2.20. The molecular weight excluding hydrogens is 465 g/mol. The van der Waals surface area contributed by atoms with Crippen molar-refractivity contribution >= 4 is 27.3 Å². The first-order valence-corrected chi connectivity index (χ1v) is 11.4. The maximum atomic E-state index is 12.9. The third kappa shape index (κ3) is 8.13. The Kier molecular flexibility index (Phi) is 8.20. The van der Waals surface area contributed by atoms with Gasteiger partial charge in [0.15, 0.2) is 0 Å². The van der Waals surface area contributed by atoms with E-state index in [9.17, 15) is 31.5 Å². The second-order valence-corrected chi connectivity index (χ2v) is 9.00. The zero-order valence-electron chi connectivity index (χ0n) is 18.2. The van der Waals surface area contributed by atoms with Crippen molar-refractivity contribution in [3.63, 3.8) is 0 Å². The number of halogens is 3. The van der Waals surface area contributed by atoms with Gasteiger partial charge >= 0.3 is 6.36 Å². The van der Waals surface area contributed by atoms with Gasteiger partial charge in [0.1, 0.15) is 16.4 Å². The van der Waals surface area contributed by atoms with E-state index in [2.05, 4.69) is 14.8 Å². The zero-order valence-corrected chi connectivity index (χ0v) is 19.0. The van der Waals surface area contributed by atoms with Crippen LogP contribution in [0.3, 0.4) is 0 Å². The van der Waals surface area contributed by atoms with Crippen LogP contribution in [0.4, 0.5) is 24.5 Å². The molecule has 33 heavy (non-hydrogen) atoms. The molecule has 0 aromatic heterocycles. The van der Waals surface area contributed by atoms with Crippen molar-refractivity contribution in [2.75, 3.05) is 16.6 Å². The average molecular weight is 491 g/mol. The Morgan fingerprint density at radius 3 is 2.39 bits per heavy atom. The van der Waals surface area contributed by atoms with Crippen LogP contribution in [0.1, 0.15) is 33.6 Å². The summed E-state index contributed by atoms with van der Waals surface area (Å²) >= 11 is 0. The number of aliphatic hydroxyl groups is 1. The van der Waals surface area contributed by atoms with Crippen LogP contribution in [0.5, 0.6) is 11.5 Å². The topological polar surface area (TPSA) is 114 Å². The number of sulfonamides is 1. The van der Waals surface area contributed by atoms with Gasteiger partial charge in [-0.1, -0.05) is 13.0 Å². The summed E-state index contributed by atoms with van der Waals surface area (Å²) in [4.78, 5) is 11.9. The van der Waals surface area contributed by atoms with Gasteiger partial charge in [0.25, 0.3) is 10.0 Å². The molecule has 1 atom stereocenters. The molecule has 2 rings (SSSR count). The van der Waals surface area contributed by atoms with Crippen LogP contribution in [0.2, 0.25) is 0 Å². The molecule has 1 amide bonds. The number of amides is 1. The van der Waals surface area contributed by atoms with Crippen LogP contribution in [0, 0.1) is 0 Å². The highest BCUT2D eigenvalue weighted by molar-refractivity contribution is 7.92. The summed E-state index contributed by atoms with van der Waals surface area (Å²) in [6.45, 7) is 5.00. The molecule has 2 aromatic rings. The number of ether oxygens (including phenoxy) is 2. The number of hydrogen-bond acceptors (Lipinski definition) is 6. The lowest BCUT2D eigenvalue weighted by molar-refractivity contribution is -0.274. The Labute approximate surface area is 189 Å². The first-order chi connectivity index (χ1) is 15.2. The molecule has 2 aromatic carbocycles. The third-order valence-electron chi connectivity index (χ3n) is 4.44. The highest BCUT2D eigenvalue weighted by Gasteiger charge is 2.31. The third-order valence-corrected chi connectivity index (χ3v) is 5.86. The number of hydrogen-bond donors (Lipinski definition) is 3. The summed E-state index contributed by atoms with van der Waals surface area (Å²) in [6.07, 6.45) is -4.72. The maximum absolute atomic E-state index is 12.9. The standard InChI is InChI=1S/C21H25F3N2O6S/c1-4-20(3,28)13-19(27)25-14-9-10-18(17(12-14)31-5-2)33(29,30)26-15-7-6-8-16(11-15)32-21(22,23)24/h6-12,26,28H,4-5,13H2,1-3H3,(H,25,27). The molecular formula is C21H25F3N2O6S. The predicted octanol–water partition coefficient (Wildman–Crippen LogP) is 4.27. The molecule has 1 unspecified atom stereocenters. The number of benzene rings is 2. The van der Waals surface area contributed by atoms with Gasteiger partial charge in [-0.2, -0.15) is 0 Å². The van der Waals surface area contributed by atoms with E-state index in [-0.39, 0.29) is 35.0 Å². The summed E-state index contributed by atoms with van der Waals surface area (Å²) < 4.78 is 74.4. The molecule has 0 aliphatic rings. The largest absolute Gasteiger partial charge is 0.573 e. The highest BCUT2D eigenvalue weighted by atomic mass is 32.2. The second kappa shape index (κ2) is 10.3. The molecule has 0 saturated heterocycles. The van der Waals surface area contributed by atoms with Crippen molar-refractivity contribution in [1.29, 1.82) is 0 Å². The van der Waals surface area contributed by atoms with Crippen molar-refractivity contribution in [2.24, 2.45) is 0 Å². The molecule has 0 radical (unpaired) electrons. The van der Waals surface area contributed by atoms with E-state index in [4.69, 9.17) is 4.74 Å². The van der Waals surface area contributed by atoms with Crippen LogP contribution >= 0.6 is 0 Å². The molecule has 182 valence electrons. The predicted molar refractivity (Wildman–Crippen MR) is 116 cm³/mol. The fraction of sp³-hybridized carbons (Fsp3) is 0.381. The SMILES string of the molecule is CCOc1cc(NC(=O)CC(C)(O)CC)ccc1S(=O)(=O)Nc1cccc(OC(F)(F)F)c1. The smallest absolute Gasteiger partial charge is 0.492 e. The molecule has 0 spiro atoms. The fourth-order valence-electron chi connectivity index (χ4n) is 2.72. The first-order valence-electron chi connectivity index (χ1n) is 9.92. The fourth-order valence-corrected chi connectivity index (χ4v) is 3.90. The van der Waals surface area contributed by atoms with Gasteiger partial charge in [0.2, 0.25) is 5.91 Å². The zero-order chi connectivity index (χ0) is 24.9. The van der Waals surface area contributed by atoms with E-state index in [1.54, 1.807) is 13.8 Å². The minimum absolute atomic E-state index is 0.0762. The van der Waals surface area contributed by atoms with E-state index in [1.807, 2.05) is 0 Å². The van der Waals surface area contributed by atoms with Crippen LogP contribution in [-0.2, 0) is 14.8 Å². The van der Waals surface area contributed by atoms with Crippen molar-refractivity contribution in [3.8, 4) is 11.5 Å². The molecule has 3 N–H and O–H groups in total. The monoisotopic (exact) mass is 490 g/mol. The van der Waals surface area contributed by atoms with Gasteiger partial charge < -0.3 is 19.9 Å². The van der Waals surface area contributed by atoms with Crippen molar-refractivity contribution in [3.05, 3.63) is 42.5 Å². The summed E-state index contributed by atoms with van der Waals surface area (Å²) in [5.74, 6) is -1.14. The van der Waals surface area contributed by atoms with Crippen LogP contribution < -0.4 is 19.5 Å². The lowest BCUT2D eigenvalue weighted by atomic mass is 9.99. The highest BCUT2D eigenvalue weighted by Crippen LogP contribution is 2.31. The minimum atomic E-state index is -4.93. The quantitative estimate of drug-likeness (QED) is 0.458. The average Bonchev–Trinajstić information content (AvgIpc) is 2.66. The molecule has 8 nitrogen and oxygen atoms in total.